The molecule has 0 aliphatic carbocycles. The first-order valence-electron chi connectivity index (χ1n) is 6.28. The molecule has 1 N–H and O–H groups in total. The topological polar surface area (TPSA) is 15.3 Å². The first-order chi connectivity index (χ1) is 8.06. The lowest BCUT2D eigenvalue weighted by atomic mass is 10.1. The quantitative estimate of drug-likeness (QED) is 0.779. The average Bonchev–Trinajstić information content (AvgIpc) is 2.30. The number of nitrogens with zero attached hydrogens (tertiary/aromatic N) is 1. The molecule has 17 heavy (non-hydrogen) atoms. The molecule has 3 heteroatoms. The van der Waals surface area contributed by atoms with Gasteiger partial charge in [-0.15, -0.1) is 0 Å². The normalized spacial score (nSPS) is 10.9. The van der Waals surface area contributed by atoms with Crippen LogP contribution >= 0.6 is 11.6 Å². The Bertz CT molecular complexity index is 350. The largest absolute Gasteiger partial charge is 0.372 e. The fourth-order valence-electron chi connectivity index (χ4n) is 1.69. The number of hydrogen-bond donors (Lipinski definition) is 1. The van der Waals surface area contributed by atoms with Gasteiger partial charge in [0, 0.05) is 30.3 Å². The summed E-state index contributed by atoms with van der Waals surface area (Å²) in [5.41, 5.74) is 2.52. The van der Waals surface area contributed by atoms with E-state index < -0.39 is 0 Å². The Hall–Kier alpha value is -0.730. The van der Waals surface area contributed by atoms with E-state index in [1.807, 2.05) is 12.1 Å². The van der Waals surface area contributed by atoms with Crippen LogP contribution in [0.15, 0.2) is 18.2 Å². The van der Waals surface area contributed by atoms with Gasteiger partial charge in [0.1, 0.15) is 0 Å². The highest BCUT2D eigenvalue weighted by molar-refractivity contribution is 6.30. The predicted molar refractivity (Wildman–Crippen MR) is 77.0 cm³/mol. The molecular weight excluding hydrogens is 232 g/mol. The molecule has 2 nitrogen and oxygen atoms in total. The van der Waals surface area contributed by atoms with Crippen molar-refractivity contribution in [2.75, 3.05) is 18.5 Å². The highest BCUT2D eigenvalue weighted by Gasteiger charge is 2.10. The molecule has 0 unspecified atom stereocenters. The van der Waals surface area contributed by atoms with Crippen LogP contribution in [0.1, 0.15) is 32.8 Å². The standard InChI is InChI=1S/C14H23ClN2/c1-5-8-16-10-12-6-7-13(15)9-14(12)17(4)11(2)3/h6-7,9,11,16H,5,8,10H2,1-4H3. The smallest absolute Gasteiger partial charge is 0.0426 e. The summed E-state index contributed by atoms with van der Waals surface area (Å²) in [6, 6.07) is 6.59. The van der Waals surface area contributed by atoms with Crippen LogP contribution in [0, 0.1) is 0 Å². The van der Waals surface area contributed by atoms with Crippen LogP contribution in [0.3, 0.4) is 0 Å². The van der Waals surface area contributed by atoms with Gasteiger partial charge >= 0.3 is 0 Å². The van der Waals surface area contributed by atoms with E-state index in [1.54, 1.807) is 0 Å². The number of anilines is 1. The second-order valence-electron chi connectivity index (χ2n) is 4.65. The van der Waals surface area contributed by atoms with Gasteiger partial charge in [-0.25, -0.2) is 0 Å². The molecule has 0 spiro atoms. The summed E-state index contributed by atoms with van der Waals surface area (Å²) in [7, 11) is 2.11. The van der Waals surface area contributed by atoms with E-state index in [4.69, 9.17) is 11.6 Å². The Kier molecular flexibility index (Phi) is 5.79. The van der Waals surface area contributed by atoms with Crippen LogP contribution in [0.4, 0.5) is 5.69 Å². The number of benzene rings is 1. The molecule has 0 bridgehead atoms. The lowest BCUT2D eigenvalue weighted by Crippen LogP contribution is -2.27. The molecule has 0 aromatic heterocycles. The van der Waals surface area contributed by atoms with Gasteiger partial charge in [-0.1, -0.05) is 24.6 Å². The van der Waals surface area contributed by atoms with Crippen molar-refractivity contribution in [1.29, 1.82) is 0 Å². The number of halogens is 1. The van der Waals surface area contributed by atoms with Crippen LogP contribution in [0.5, 0.6) is 0 Å². The van der Waals surface area contributed by atoms with Crippen molar-refractivity contribution in [3.05, 3.63) is 28.8 Å². The van der Waals surface area contributed by atoms with Crippen LogP contribution in [0.2, 0.25) is 5.02 Å². The summed E-state index contributed by atoms with van der Waals surface area (Å²) in [6.45, 7) is 8.50. The lowest BCUT2D eigenvalue weighted by Gasteiger charge is -2.26. The third-order valence-electron chi connectivity index (χ3n) is 2.94. The van der Waals surface area contributed by atoms with E-state index >= 15 is 0 Å². The molecule has 96 valence electrons. The van der Waals surface area contributed by atoms with Gasteiger partial charge in [-0.3, -0.25) is 0 Å². The van der Waals surface area contributed by atoms with Crippen LogP contribution in [-0.4, -0.2) is 19.6 Å². The molecule has 0 saturated carbocycles. The van der Waals surface area contributed by atoms with Crippen molar-refractivity contribution < 1.29 is 0 Å². The Morgan fingerprint density at radius 3 is 2.65 bits per heavy atom. The van der Waals surface area contributed by atoms with Crippen molar-refractivity contribution in [2.24, 2.45) is 0 Å². The molecule has 0 fully saturated rings. The Labute approximate surface area is 110 Å². The number of hydrogen-bond acceptors (Lipinski definition) is 2. The van der Waals surface area contributed by atoms with E-state index in [0.717, 1.165) is 24.5 Å². The number of rotatable bonds is 6. The SMILES string of the molecule is CCCNCc1ccc(Cl)cc1N(C)C(C)C. The van der Waals surface area contributed by atoms with Crippen LogP contribution in [-0.2, 0) is 6.54 Å². The third kappa shape index (κ3) is 4.21. The summed E-state index contributed by atoms with van der Waals surface area (Å²) in [4.78, 5) is 2.26. The fraction of sp³-hybridized carbons (Fsp3) is 0.571. The van der Waals surface area contributed by atoms with Crippen molar-refractivity contribution in [1.82, 2.24) is 5.32 Å². The van der Waals surface area contributed by atoms with Crippen molar-refractivity contribution in [3.63, 3.8) is 0 Å². The zero-order valence-corrected chi connectivity index (χ0v) is 12.0. The zero-order chi connectivity index (χ0) is 12.8. The minimum Gasteiger partial charge on any atom is -0.372 e. The molecule has 0 aliphatic heterocycles. The molecule has 1 aromatic rings. The highest BCUT2D eigenvalue weighted by Crippen LogP contribution is 2.25. The van der Waals surface area contributed by atoms with E-state index in [0.29, 0.717) is 6.04 Å². The Morgan fingerprint density at radius 1 is 1.35 bits per heavy atom. The first-order valence-corrected chi connectivity index (χ1v) is 6.66. The maximum Gasteiger partial charge on any atom is 0.0426 e. The third-order valence-corrected chi connectivity index (χ3v) is 3.18. The maximum atomic E-state index is 6.08. The average molecular weight is 255 g/mol. The van der Waals surface area contributed by atoms with Gasteiger partial charge in [0.25, 0.3) is 0 Å². The van der Waals surface area contributed by atoms with Gasteiger partial charge in [0.2, 0.25) is 0 Å². The van der Waals surface area contributed by atoms with E-state index in [-0.39, 0.29) is 0 Å². The molecule has 0 saturated heterocycles. The lowest BCUT2D eigenvalue weighted by molar-refractivity contribution is 0.669. The van der Waals surface area contributed by atoms with Crippen molar-refractivity contribution >= 4 is 17.3 Å². The highest BCUT2D eigenvalue weighted by atomic mass is 35.5. The van der Waals surface area contributed by atoms with Crippen molar-refractivity contribution in [3.8, 4) is 0 Å². The second-order valence-corrected chi connectivity index (χ2v) is 5.09. The van der Waals surface area contributed by atoms with Crippen LogP contribution in [0.25, 0.3) is 0 Å². The van der Waals surface area contributed by atoms with Gasteiger partial charge in [0.05, 0.1) is 0 Å². The summed E-state index contributed by atoms with van der Waals surface area (Å²) in [5.74, 6) is 0. The molecule has 1 rings (SSSR count). The van der Waals surface area contributed by atoms with Crippen LogP contribution < -0.4 is 10.2 Å². The molecule has 0 radical (unpaired) electrons. The molecule has 0 aliphatic rings. The minimum atomic E-state index is 0.471. The Morgan fingerprint density at radius 2 is 2.06 bits per heavy atom. The Balaban J connectivity index is 2.87. The minimum absolute atomic E-state index is 0.471. The summed E-state index contributed by atoms with van der Waals surface area (Å²) in [6.07, 6.45) is 1.16. The zero-order valence-electron chi connectivity index (χ0n) is 11.3. The molecule has 0 heterocycles. The van der Waals surface area contributed by atoms with Crippen molar-refractivity contribution in [2.45, 2.75) is 39.8 Å². The summed E-state index contributed by atoms with van der Waals surface area (Å²) < 4.78 is 0. The molecular formula is C14H23ClN2. The molecule has 0 atom stereocenters. The van der Waals surface area contributed by atoms with Gasteiger partial charge < -0.3 is 10.2 Å². The summed E-state index contributed by atoms with van der Waals surface area (Å²) >= 11 is 6.08. The second kappa shape index (κ2) is 6.87. The monoisotopic (exact) mass is 254 g/mol. The van der Waals surface area contributed by atoms with Gasteiger partial charge in [0.15, 0.2) is 0 Å². The number of nitrogens with one attached hydrogen (secondary N) is 1. The first kappa shape index (κ1) is 14.3. The van der Waals surface area contributed by atoms with E-state index in [2.05, 4.69) is 44.1 Å². The van der Waals surface area contributed by atoms with E-state index in [1.165, 1.54) is 11.3 Å². The van der Waals surface area contributed by atoms with Gasteiger partial charge in [-0.05, 0) is 44.5 Å². The maximum absolute atomic E-state index is 6.08. The molecule has 0 amide bonds. The van der Waals surface area contributed by atoms with Gasteiger partial charge in [-0.2, -0.15) is 0 Å². The summed E-state index contributed by atoms with van der Waals surface area (Å²) in [5, 5.41) is 4.23. The van der Waals surface area contributed by atoms with E-state index in [9.17, 15) is 0 Å². The predicted octanol–water partition coefficient (Wildman–Crippen LogP) is 3.68. The molecule has 1 aromatic carbocycles. The fourth-order valence-corrected chi connectivity index (χ4v) is 1.86.